The Morgan fingerprint density at radius 2 is 1.78 bits per heavy atom. The SMILES string of the molecule is CC(C)Cc1noc(CNc2ccc(S(=O)(=O)N3CCCCCC3)cc2)n1. The van der Waals surface area contributed by atoms with E-state index in [4.69, 9.17) is 4.52 Å². The molecule has 1 fully saturated rings. The van der Waals surface area contributed by atoms with Gasteiger partial charge in [-0.25, -0.2) is 8.42 Å². The third-order valence-electron chi connectivity index (χ3n) is 4.60. The van der Waals surface area contributed by atoms with E-state index in [1.807, 2.05) is 0 Å². The van der Waals surface area contributed by atoms with E-state index >= 15 is 0 Å². The van der Waals surface area contributed by atoms with Gasteiger partial charge in [0.2, 0.25) is 15.9 Å². The molecule has 148 valence electrons. The summed E-state index contributed by atoms with van der Waals surface area (Å²) in [5.41, 5.74) is 0.813. The molecule has 0 radical (unpaired) electrons. The molecule has 1 aliphatic heterocycles. The van der Waals surface area contributed by atoms with E-state index in [0.717, 1.165) is 37.8 Å². The Balaban J connectivity index is 1.60. The summed E-state index contributed by atoms with van der Waals surface area (Å²) < 4.78 is 32.4. The number of hydrogen-bond donors (Lipinski definition) is 1. The van der Waals surface area contributed by atoms with E-state index in [9.17, 15) is 8.42 Å². The quantitative estimate of drug-likeness (QED) is 0.776. The second-order valence-electron chi connectivity index (χ2n) is 7.40. The van der Waals surface area contributed by atoms with Gasteiger partial charge in [0.15, 0.2) is 5.82 Å². The molecule has 3 rings (SSSR count). The number of aromatic nitrogens is 2. The van der Waals surface area contributed by atoms with Crippen molar-refractivity contribution < 1.29 is 12.9 Å². The second-order valence-corrected chi connectivity index (χ2v) is 9.34. The Morgan fingerprint density at radius 1 is 1.11 bits per heavy atom. The molecule has 1 N–H and O–H groups in total. The molecule has 2 heterocycles. The molecule has 0 bridgehead atoms. The van der Waals surface area contributed by atoms with Crippen molar-refractivity contribution in [3.63, 3.8) is 0 Å². The summed E-state index contributed by atoms with van der Waals surface area (Å²) in [6.07, 6.45) is 4.85. The average molecular weight is 393 g/mol. The molecule has 0 aliphatic carbocycles. The van der Waals surface area contributed by atoms with Gasteiger partial charge >= 0.3 is 0 Å². The van der Waals surface area contributed by atoms with Crippen LogP contribution in [0, 0.1) is 5.92 Å². The van der Waals surface area contributed by atoms with Crippen LogP contribution in [0.3, 0.4) is 0 Å². The number of benzene rings is 1. The first-order valence-corrected chi connectivity index (χ1v) is 11.0. The van der Waals surface area contributed by atoms with Crippen molar-refractivity contribution in [2.24, 2.45) is 5.92 Å². The fourth-order valence-electron chi connectivity index (χ4n) is 3.16. The number of nitrogens with one attached hydrogen (secondary N) is 1. The normalized spacial score (nSPS) is 16.4. The third kappa shape index (κ3) is 5.29. The molecule has 0 amide bonds. The van der Waals surface area contributed by atoms with Gasteiger partial charge in [-0.1, -0.05) is 31.8 Å². The maximum absolute atomic E-state index is 12.8. The van der Waals surface area contributed by atoms with Gasteiger partial charge in [0.1, 0.15) is 0 Å². The van der Waals surface area contributed by atoms with Gasteiger partial charge in [-0.05, 0) is 43.0 Å². The maximum Gasteiger partial charge on any atom is 0.245 e. The largest absolute Gasteiger partial charge is 0.376 e. The Kier molecular flexibility index (Phi) is 6.49. The van der Waals surface area contributed by atoms with Crippen LogP contribution in [0.25, 0.3) is 0 Å². The summed E-state index contributed by atoms with van der Waals surface area (Å²) in [5, 5.41) is 7.15. The van der Waals surface area contributed by atoms with Gasteiger partial charge < -0.3 is 9.84 Å². The lowest BCUT2D eigenvalue weighted by molar-refractivity contribution is 0.375. The minimum Gasteiger partial charge on any atom is -0.376 e. The van der Waals surface area contributed by atoms with Crippen LogP contribution in [-0.4, -0.2) is 36.0 Å². The van der Waals surface area contributed by atoms with Gasteiger partial charge in [0.25, 0.3) is 0 Å². The monoisotopic (exact) mass is 392 g/mol. The van der Waals surface area contributed by atoms with Crippen LogP contribution in [0.1, 0.15) is 51.2 Å². The van der Waals surface area contributed by atoms with E-state index in [1.54, 1.807) is 28.6 Å². The Hall–Kier alpha value is -1.93. The summed E-state index contributed by atoms with van der Waals surface area (Å²) in [6, 6.07) is 6.85. The average Bonchev–Trinajstić information content (AvgIpc) is 2.90. The Morgan fingerprint density at radius 3 is 2.41 bits per heavy atom. The number of rotatable bonds is 7. The van der Waals surface area contributed by atoms with Crippen molar-refractivity contribution in [1.82, 2.24) is 14.4 Å². The number of anilines is 1. The van der Waals surface area contributed by atoms with Crippen molar-refractivity contribution >= 4 is 15.7 Å². The number of sulfonamides is 1. The van der Waals surface area contributed by atoms with E-state index in [2.05, 4.69) is 29.3 Å². The van der Waals surface area contributed by atoms with Crippen LogP contribution in [0.5, 0.6) is 0 Å². The van der Waals surface area contributed by atoms with E-state index < -0.39 is 10.0 Å². The molecule has 1 aromatic heterocycles. The lowest BCUT2D eigenvalue weighted by atomic mass is 10.1. The second kappa shape index (κ2) is 8.84. The van der Waals surface area contributed by atoms with Crippen molar-refractivity contribution in [2.75, 3.05) is 18.4 Å². The third-order valence-corrected chi connectivity index (χ3v) is 6.51. The minimum absolute atomic E-state index is 0.340. The first kappa shape index (κ1) is 19.8. The van der Waals surface area contributed by atoms with E-state index in [-0.39, 0.29) is 0 Å². The highest BCUT2D eigenvalue weighted by molar-refractivity contribution is 7.89. The summed E-state index contributed by atoms with van der Waals surface area (Å²) in [7, 11) is -3.41. The van der Waals surface area contributed by atoms with Gasteiger partial charge in [-0.2, -0.15) is 9.29 Å². The van der Waals surface area contributed by atoms with Crippen LogP contribution < -0.4 is 5.32 Å². The number of hydrogen-bond acceptors (Lipinski definition) is 6. The van der Waals surface area contributed by atoms with Crippen molar-refractivity contribution in [2.45, 2.75) is 57.4 Å². The molecule has 1 aliphatic rings. The summed E-state index contributed by atoms with van der Waals surface area (Å²) >= 11 is 0. The standard InChI is InChI=1S/C19H28N4O3S/c1-15(2)13-18-21-19(26-22-18)14-20-16-7-9-17(10-8-16)27(24,25)23-11-5-3-4-6-12-23/h7-10,15,20H,3-6,11-14H2,1-2H3. The van der Waals surface area contributed by atoms with Crippen LogP contribution in [0.15, 0.2) is 33.7 Å². The fraction of sp³-hybridized carbons (Fsp3) is 0.579. The molecule has 0 saturated carbocycles. The van der Waals surface area contributed by atoms with Gasteiger partial charge in [-0.15, -0.1) is 0 Å². The maximum atomic E-state index is 12.8. The first-order valence-electron chi connectivity index (χ1n) is 9.60. The minimum atomic E-state index is -3.41. The molecule has 0 unspecified atom stereocenters. The zero-order chi connectivity index (χ0) is 19.3. The van der Waals surface area contributed by atoms with Crippen LogP contribution in [0.4, 0.5) is 5.69 Å². The first-order chi connectivity index (χ1) is 12.9. The van der Waals surface area contributed by atoms with Gasteiger partial charge in [0.05, 0.1) is 11.4 Å². The highest BCUT2D eigenvalue weighted by Gasteiger charge is 2.24. The molecule has 27 heavy (non-hydrogen) atoms. The van der Waals surface area contributed by atoms with Crippen molar-refractivity contribution in [3.8, 4) is 0 Å². The predicted molar refractivity (Wildman–Crippen MR) is 104 cm³/mol. The fourth-order valence-corrected chi connectivity index (χ4v) is 4.68. The lowest BCUT2D eigenvalue weighted by Gasteiger charge is -2.20. The van der Waals surface area contributed by atoms with Gasteiger partial charge in [0, 0.05) is 25.2 Å². The zero-order valence-electron chi connectivity index (χ0n) is 16.0. The van der Waals surface area contributed by atoms with Crippen LogP contribution >= 0.6 is 0 Å². The zero-order valence-corrected chi connectivity index (χ0v) is 16.8. The molecule has 7 nitrogen and oxygen atoms in total. The molecule has 8 heteroatoms. The summed E-state index contributed by atoms with van der Waals surface area (Å²) in [5.74, 6) is 1.70. The topological polar surface area (TPSA) is 88.3 Å². The molecular weight excluding hydrogens is 364 g/mol. The van der Waals surface area contributed by atoms with Gasteiger partial charge in [-0.3, -0.25) is 0 Å². The molecule has 1 saturated heterocycles. The number of nitrogens with zero attached hydrogens (tertiary/aromatic N) is 3. The molecule has 0 spiro atoms. The van der Waals surface area contributed by atoms with E-state index in [1.165, 1.54) is 0 Å². The van der Waals surface area contributed by atoms with E-state index in [0.29, 0.717) is 42.2 Å². The van der Waals surface area contributed by atoms with Crippen molar-refractivity contribution in [3.05, 3.63) is 36.0 Å². The molecular formula is C19H28N4O3S. The molecule has 0 atom stereocenters. The van der Waals surface area contributed by atoms with Crippen LogP contribution in [0.2, 0.25) is 0 Å². The predicted octanol–water partition coefficient (Wildman–Crippen LogP) is 3.44. The van der Waals surface area contributed by atoms with Crippen molar-refractivity contribution in [1.29, 1.82) is 0 Å². The highest BCUT2D eigenvalue weighted by Crippen LogP contribution is 2.22. The Bertz CT molecular complexity index is 823. The lowest BCUT2D eigenvalue weighted by Crippen LogP contribution is -2.31. The molecule has 2 aromatic rings. The summed E-state index contributed by atoms with van der Waals surface area (Å²) in [6.45, 7) is 5.84. The molecule has 1 aromatic carbocycles. The Labute approximate surface area is 161 Å². The smallest absolute Gasteiger partial charge is 0.245 e. The van der Waals surface area contributed by atoms with Crippen LogP contribution in [-0.2, 0) is 23.0 Å². The summed E-state index contributed by atoms with van der Waals surface area (Å²) in [4.78, 5) is 4.69. The highest BCUT2D eigenvalue weighted by atomic mass is 32.2.